The van der Waals surface area contributed by atoms with E-state index >= 15 is 0 Å². The number of rotatable bonds is 0. The van der Waals surface area contributed by atoms with E-state index in [0.717, 1.165) is 21.8 Å². The van der Waals surface area contributed by atoms with Crippen LogP contribution >= 0.6 is 37.7 Å². The predicted molar refractivity (Wildman–Crippen MR) is 67.3 cm³/mol. The van der Waals surface area contributed by atoms with E-state index in [0.29, 0.717) is 0 Å². The van der Waals surface area contributed by atoms with Crippen LogP contribution in [-0.4, -0.2) is 34.5 Å². The summed E-state index contributed by atoms with van der Waals surface area (Å²) in [6.07, 6.45) is 0. The van der Waals surface area contributed by atoms with Gasteiger partial charge in [-0.1, -0.05) is 0 Å². The van der Waals surface area contributed by atoms with Crippen LogP contribution in [0.15, 0.2) is 0 Å². The van der Waals surface area contributed by atoms with E-state index in [1.165, 1.54) is 0 Å². The van der Waals surface area contributed by atoms with Crippen LogP contribution in [0.2, 0.25) is 0 Å². The maximum absolute atomic E-state index is 5.01. The molecule has 3 fully saturated rings. The van der Waals surface area contributed by atoms with Gasteiger partial charge in [-0.15, -0.1) is 0 Å². The Kier molecular flexibility index (Phi) is 6.62. The molecular weight excluding hydrogens is 473 g/mol. The Hall–Kier alpha value is 2.55. The predicted octanol–water partition coefficient (Wildman–Crippen LogP) is 3.01. The Morgan fingerprint density at radius 2 is 0.769 bits per heavy atom. The van der Waals surface area contributed by atoms with E-state index in [-0.39, 0.29) is 0 Å². The van der Waals surface area contributed by atoms with E-state index < -0.39 is 11.9 Å². The summed E-state index contributed by atoms with van der Waals surface area (Å²) in [6.45, 7) is 0. The van der Waals surface area contributed by atoms with Gasteiger partial charge in [-0.05, 0) is 0 Å². The molecule has 3 aliphatic heterocycles. The standard InChI is InChI=1S/C6H12S2.4ClH.Pt/c1-2-8-5-3-7(1)4-6-8;;;;;/h1-6H2;4*1H;/q+2;;;;;+4/p-4. The average molecular weight is 485 g/mol. The van der Waals surface area contributed by atoms with E-state index in [2.05, 4.69) is 0 Å². The van der Waals surface area contributed by atoms with Crippen LogP contribution in [0.1, 0.15) is 0 Å². The zero-order valence-electron chi connectivity index (χ0n) is 6.89. The molecule has 3 heterocycles. The fraction of sp³-hybridized carbons (Fsp3) is 1.00. The van der Waals surface area contributed by atoms with Gasteiger partial charge >= 0.3 is 49.6 Å². The molecule has 0 N–H and O–H groups in total. The van der Waals surface area contributed by atoms with Crippen molar-refractivity contribution < 1.29 is 11.9 Å². The number of halogens is 4. The maximum atomic E-state index is 5.01. The molecule has 3 saturated heterocycles. The van der Waals surface area contributed by atoms with Gasteiger partial charge < -0.3 is 0 Å². The first-order valence-corrected chi connectivity index (χ1v) is 18.4. The third-order valence-corrected chi connectivity index (χ3v) is 7.45. The van der Waals surface area contributed by atoms with Crippen LogP contribution in [0, 0.1) is 0 Å². The number of hydrogen-bond donors (Lipinski definition) is 0. The number of fused-ring (bicyclic) bond motifs is 3. The van der Waals surface area contributed by atoms with Crippen molar-refractivity contribution in [2.24, 2.45) is 0 Å². The Morgan fingerprint density at radius 3 is 0.846 bits per heavy atom. The Bertz CT molecular complexity index is 126. The van der Waals surface area contributed by atoms with Crippen molar-refractivity contribution in [3.8, 4) is 0 Å². The average Bonchev–Trinajstić information content (AvgIpc) is 2.05. The van der Waals surface area contributed by atoms with E-state index in [1.807, 2.05) is 0 Å². The van der Waals surface area contributed by atoms with Crippen molar-refractivity contribution in [2.45, 2.75) is 0 Å². The third-order valence-electron chi connectivity index (χ3n) is 1.98. The van der Waals surface area contributed by atoms with Crippen LogP contribution < -0.4 is 0 Å². The summed E-state index contributed by atoms with van der Waals surface area (Å²) in [7, 11) is 21.9. The van der Waals surface area contributed by atoms with Crippen LogP contribution in [0.3, 0.4) is 0 Å². The van der Waals surface area contributed by atoms with Crippen molar-refractivity contribution in [3.05, 3.63) is 0 Å². The van der Waals surface area contributed by atoms with Gasteiger partial charge in [0.15, 0.2) is 34.5 Å². The summed E-state index contributed by atoms with van der Waals surface area (Å²) >= 11 is -3.06. The van der Waals surface area contributed by atoms with Crippen molar-refractivity contribution in [1.82, 2.24) is 0 Å². The van der Waals surface area contributed by atoms with E-state index in [9.17, 15) is 0 Å². The van der Waals surface area contributed by atoms with Gasteiger partial charge in [-0.25, -0.2) is 0 Å². The van der Waals surface area contributed by atoms with Crippen LogP contribution in [0.25, 0.3) is 0 Å². The van der Waals surface area contributed by atoms with Crippen molar-refractivity contribution >= 4 is 59.5 Å². The quantitative estimate of drug-likeness (QED) is 0.464. The molecule has 0 amide bonds. The summed E-state index contributed by atoms with van der Waals surface area (Å²) < 4.78 is 0. The first-order chi connectivity index (χ1) is 5.95. The van der Waals surface area contributed by atoms with Gasteiger partial charge in [0.2, 0.25) is 0 Å². The van der Waals surface area contributed by atoms with Crippen molar-refractivity contribution in [1.29, 1.82) is 0 Å². The summed E-state index contributed by atoms with van der Waals surface area (Å²) in [5.74, 6) is 9.60. The number of hydrogen-bond acceptors (Lipinski definition) is 0. The van der Waals surface area contributed by atoms with Crippen molar-refractivity contribution in [3.63, 3.8) is 0 Å². The normalized spacial score (nSPS) is 33.5. The molecule has 3 aliphatic rings. The SMILES string of the molecule is C1C[S+]2CC[S+]1CC2.[Cl][Pt]([Cl])([Cl])[Cl]. The molecular formula is C6H12Cl4PtS2+2. The topological polar surface area (TPSA) is 0 Å². The van der Waals surface area contributed by atoms with Gasteiger partial charge in [-0.3, -0.25) is 0 Å². The molecule has 2 bridgehead atoms. The van der Waals surface area contributed by atoms with E-state index in [4.69, 9.17) is 37.7 Å². The summed E-state index contributed by atoms with van der Waals surface area (Å²) in [5.41, 5.74) is 0. The molecule has 0 aromatic heterocycles. The minimum absolute atomic E-state index is 0.921. The van der Waals surface area contributed by atoms with Crippen LogP contribution in [-0.2, 0) is 33.7 Å². The van der Waals surface area contributed by atoms with Gasteiger partial charge in [0, 0.05) is 21.8 Å². The second-order valence-corrected chi connectivity index (χ2v) is 27.3. The van der Waals surface area contributed by atoms with Gasteiger partial charge in [0.25, 0.3) is 0 Å². The Morgan fingerprint density at radius 1 is 0.615 bits per heavy atom. The summed E-state index contributed by atoms with van der Waals surface area (Å²) in [6, 6.07) is 0. The molecule has 0 aromatic carbocycles. The molecule has 0 nitrogen and oxygen atoms in total. The molecule has 7 heteroatoms. The fourth-order valence-electron chi connectivity index (χ4n) is 1.32. The second kappa shape index (κ2) is 6.32. The minimum atomic E-state index is -3.06. The van der Waals surface area contributed by atoms with Crippen LogP contribution in [0.4, 0.5) is 0 Å². The van der Waals surface area contributed by atoms with Crippen LogP contribution in [0.5, 0.6) is 0 Å². The zero-order chi connectivity index (χ0) is 9.90. The monoisotopic (exact) mass is 483 g/mol. The first kappa shape index (κ1) is 13.6. The third kappa shape index (κ3) is 7.44. The van der Waals surface area contributed by atoms with Gasteiger partial charge in [0.1, 0.15) is 0 Å². The molecule has 0 spiro atoms. The second-order valence-electron chi connectivity index (χ2n) is 2.72. The van der Waals surface area contributed by atoms with Crippen molar-refractivity contribution in [2.75, 3.05) is 34.5 Å². The Labute approximate surface area is 105 Å². The first-order valence-electron chi connectivity index (χ1n) is 3.71. The molecule has 0 aliphatic carbocycles. The summed E-state index contributed by atoms with van der Waals surface area (Å²) in [5, 5.41) is 0. The molecule has 3 rings (SSSR count). The molecule has 84 valence electrons. The zero-order valence-corrected chi connectivity index (χ0v) is 13.8. The van der Waals surface area contributed by atoms with Gasteiger partial charge in [0.05, 0.1) is 0 Å². The molecule has 0 saturated carbocycles. The summed E-state index contributed by atoms with van der Waals surface area (Å²) in [4.78, 5) is 0. The molecule has 0 atom stereocenters. The molecule has 0 unspecified atom stereocenters. The van der Waals surface area contributed by atoms with E-state index in [1.54, 1.807) is 34.5 Å². The van der Waals surface area contributed by atoms with Gasteiger partial charge in [-0.2, -0.15) is 0 Å². The Balaban J connectivity index is 0.000000149. The molecule has 0 aromatic rings. The molecule has 0 radical (unpaired) electrons. The molecule has 13 heavy (non-hydrogen) atoms. The fourth-order valence-corrected chi connectivity index (χ4v) is 8.20.